The summed E-state index contributed by atoms with van der Waals surface area (Å²) in [6.07, 6.45) is 1.79. The second-order valence-corrected chi connectivity index (χ2v) is 3.39. The molecule has 76 valence electrons. The molecule has 1 atom stereocenters. The zero-order valence-electron chi connectivity index (χ0n) is 8.34. The third kappa shape index (κ3) is 1.92. The maximum Gasteiger partial charge on any atom is 0.127 e. The van der Waals surface area contributed by atoms with Crippen molar-refractivity contribution in [1.82, 2.24) is 0 Å². The summed E-state index contributed by atoms with van der Waals surface area (Å²) < 4.78 is 13.1. The molecule has 2 N–H and O–H groups in total. The third-order valence-electron chi connectivity index (χ3n) is 2.43. The topological polar surface area (TPSA) is 44.1 Å². The lowest BCUT2D eigenvalue weighted by Crippen LogP contribution is -1.96. The van der Waals surface area contributed by atoms with E-state index in [1.807, 2.05) is 13.8 Å². The average Bonchev–Trinajstić information content (AvgIpc) is 2.19. The Hall–Kier alpha value is -1.38. The van der Waals surface area contributed by atoms with Gasteiger partial charge in [0.25, 0.3) is 0 Å². The number of nitrogens with one attached hydrogen (secondary N) is 1. The van der Waals surface area contributed by atoms with Gasteiger partial charge in [-0.3, -0.25) is 0 Å². The van der Waals surface area contributed by atoms with E-state index >= 15 is 0 Å². The smallest absolute Gasteiger partial charge is 0.127 e. The fourth-order valence-electron chi connectivity index (χ4n) is 1.35. The fraction of sp³-hybridized carbons (Fsp3) is 0.364. The Bertz CT molecular complexity index is 349. The molecule has 0 amide bonds. The van der Waals surface area contributed by atoms with Crippen molar-refractivity contribution in [3.63, 3.8) is 0 Å². The summed E-state index contributed by atoms with van der Waals surface area (Å²) in [5, 5.41) is 16.7. The first-order valence-corrected chi connectivity index (χ1v) is 4.63. The molecule has 0 saturated carbocycles. The predicted molar refractivity (Wildman–Crippen MR) is 54.7 cm³/mol. The zero-order chi connectivity index (χ0) is 10.7. The Labute approximate surface area is 82.9 Å². The summed E-state index contributed by atoms with van der Waals surface area (Å²) in [6.45, 7) is 3.89. The Morgan fingerprint density at radius 1 is 1.57 bits per heavy atom. The van der Waals surface area contributed by atoms with Crippen LogP contribution in [0.3, 0.4) is 0 Å². The molecule has 1 unspecified atom stereocenters. The van der Waals surface area contributed by atoms with Gasteiger partial charge in [-0.1, -0.05) is 13.8 Å². The lowest BCUT2D eigenvalue weighted by molar-refractivity contribution is 0.458. The summed E-state index contributed by atoms with van der Waals surface area (Å²) in [7, 11) is 0. The zero-order valence-corrected chi connectivity index (χ0v) is 8.34. The quantitative estimate of drug-likeness (QED) is 0.715. The standard InChI is InChI=1S/C11H14FNO/c1-3-7(2)10-5-9(12)4-8(6-13)11(10)14/h4-7,13-14H,3H2,1-2H3. The van der Waals surface area contributed by atoms with Crippen molar-refractivity contribution < 1.29 is 9.50 Å². The van der Waals surface area contributed by atoms with E-state index in [9.17, 15) is 9.50 Å². The molecule has 0 spiro atoms. The molecule has 0 bridgehead atoms. The SMILES string of the molecule is CCC(C)c1cc(F)cc(C=N)c1O. The number of phenols is 1. The van der Waals surface area contributed by atoms with Gasteiger partial charge in [-0.15, -0.1) is 0 Å². The molecule has 0 radical (unpaired) electrons. The molecular formula is C11H14FNO. The molecule has 3 heteroatoms. The summed E-state index contributed by atoms with van der Waals surface area (Å²) in [5.74, 6) is -0.281. The number of hydrogen-bond donors (Lipinski definition) is 2. The second-order valence-electron chi connectivity index (χ2n) is 3.39. The second kappa shape index (κ2) is 4.22. The molecule has 0 aromatic heterocycles. The maximum atomic E-state index is 13.1. The van der Waals surface area contributed by atoms with Gasteiger partial charge in [-0.05, 0) is 24.5 Å². The first-order chi connectivity index (χ1) is 6.60. The minimum Gasteiger partial charge on any atom is -0.507 e. The fourth-order valence-corrected chi connectivity index (χ4v) is 1.35. The highest BCUT2D eigenvalue weighted by atomic mass is 19.1. The first kappa shape index (κ1) is 10.7. The van der Waals surface area contributed by atoms with E-state index < -0.39 is 5.82 Å². The number of phenolic OH excluding ortho intramolecular Hbond substituents is 1. The summed E-state index contributed by atoms with van der Waals surface area (Å²) in [6, 6.07) is 2.49. The van der Waals surface area contributed by atoms with Crippen molar-refractivity contribution in [2.75, 3.05) is 0 Å². The molecule has 1 aromatic carbocycles. The lowest BCUT2D eigenvalue weighted by atomic mass is 9.95. The highest BCUT2D eigenvalue weighted by Crippen LogP contribution is 2.30. The molecule has 0 aliphatic carbocycles. The normalized spacial score (nSPS) is 12.5. The number of aromatic hydroxyl groups is 1. The van der Waals surface area contributed by atoms with Crippen molar-refractivity contribution in [2.45, 2.75) is 26.2 Å². The van der Waals surface area contributed by atoms with E-state index in [4.69, 9.17) is 5.41 Å². The highest BCUT2D eigenvalue weighted by Gasteiger charge is 2.13. The molecule has 0 fully saturated rings. The van der Waals surface area contributed by atoms with Crippen LogP contribution in [-0.4, -0.2) is 11.3 Å². The van der Waals surface area contributed by atoms with Gasteiger partial charge in [-0.25, -0.2) is 4.39 Å². The molecule has 2 nitrogen and oxygen atoms in total. The van der Waals surface area contributed by atoms with Gasteiger partial charge < -0.3 is 10.5 Å². The van der Waals surface area contributed by atoms with Gasteiger partial charge in [0, 0.05) is 17.3 Å². The minimum absolute atomic E-state index is 0.0238. The van der Waals surface area contributed by atoms with E-state index in [2.05, 4.69) is 0 Å². The van der Waals surface area contributed by atoms with E-state index in [-0.39, 0.29) is 17.2 Å². The molecule has 0 saturated heterocycles. The Balaban J connectivity index is 3.28. The molecule has 1 rings (SSSR count). The van der Waals surface area contributed by atoms with Gasteiger partial charge >= 0.3 is 0 Å². The van der Waals surface area contributed by atoms with Crippen LogP contribution >= 0.6 is 0 Å². The summed E-state index contributed by atoms with van der Waals surface area (Å²) in [4.78, 5) is 0. The number of rotatable bonds is 3. The van der Waals surface area contributed by atoms with Crippen LogP contribution in [0.15, 0.2) is 12.1 Å². The van der Waals surface area contributed by atoms with E-state index in [0.29, 0.717) is 5.56 Å². The van der Waals surface area contributed by atoms with Crippen LogP contribution in [0, 0.1) is 11.2 Å². The van der Waals surface area contributed by atoms with Crippen LogP contribution in [0.25, 0.3) is 0 Å². The van der Waals surface area contributed by atoms with Crippen LogP contribution in [0.4, 0.5) is 4.39 Å². The monoisotopic (exact) mass is 195 g/mol. The van der Waals surface area contributed by atoms with Gasteiger partial charge in [0.05, 0.1) is 0 Å². The Morgan fingerprint density at radius 2 is 2.21 bits per heavy atom. The van der Waals surface area contributed by atoms with E-state index in [1.165, 1.54) is 6.07 Å². The van der Waals surface area contributed by atoms with Crippen LogP contribution in [-0.2, 0) is 0 Å². The molecule has 0 heterocycles. The number of halogens is 1. The highest BCUT2D eigenvalue weighted by molar-refractivity contribution is 5.81. The third-order valence-corrected chi connectivity index (χ3v) is 2.43. The van der Waals surface area contributed by atoms with Crippen molar-refractivity contribution in [3.8, 4) is 5.75 Å². The maximum absolute atomic E-state index is 13.1. The van der Waals surface area contributed by atoms with Gasteiger partial charge in [-0.2, -0.15) is 0 Å². The van der Waals surface area contributed by atoms with Crippen molar-refractivity contribution in [3.05, 3.63) is 29.1 Å². The predicted octanol–water partition coefficient (Wildman–Crippen LogP) is 3.04. The average molecular weight is 195 g/mol. The van der Waals surface area contributed by atoms with Gasteiger partial charge in [0.2, 0.25) is 0 Å². The number of benzene rings is 1. The minimum atomic E-state index is -0.406. The van der Waals surface area contributed by atoms with Crippen LogP contribution < -0.4 is 0 Å². The van der Waals surface area contributed by atoms with E-state index in [1.54, 1.807) is 0 Å². The van der Waals surface area contributed by atoms with Crippen molar-refractivity contribution in [2.24, 2.45) is 0 Å². The van der Waals surface area contributed by atoms with Crippen LogP contribution in [0.2, 0.25) is 0 Å². The Morgan fingerprint density at radius 3 is 2.71 bits per heavy atom. The molecule has 14 heavy (non-hydrogen) atoms. The largest absolute Gasteiger partial charge is 0.507 e. The van der Waals surface area contributed by atoms with Gasteiger partial charge in [0.1, 0.15) is 11.6 Å². The molecule has 1 aromatic rings. The van der Waals surface area contributed by atoms with Crippen LogP contribution in [0.1, 0.15) is 37.3 Å². The van der Waals surface area contributed by atoms with Crippen molar-refractivity contribution in [1.29, 1.82) is 5.41 Å². The van der Waals surface area contributed by atoms with Crippen LogP contribution in [0.5, 0.6) is 5.75 Å². The first-order valence-electron chi connectivity index (χ1n) is 4.63. The van der Waals surface area contributed by atoms with Gasteiger partial charge in [0.15, 0.2) is 0 Å². The molecular weight excluding hydrogens is 181 g/mol. The number of hydrogen-bond acceptors (Lipinski definition) is 2. The summed E-state index contributed by atoms with van der Waals surface area (Å²) >= 11 is 0. The lowest BCUT2D eigenvalue weighted by Gasteiger charge is -2.12. The van der Waals surface area contributed by atoms with Crippen molar-refractivity contribution >= 4 is 6.21 Å². The Kier molecular flexibility index (Phi) is 3.23. The van der Waals surface area contributed by atoms with E-state index in [0.717, 1.165) is 18.7 Å². The molecule has 0 aliphatic rings. The summed E-state index contributed by atoms with van der Waals surface area (Å²) in [5.41, 5.74) is 0.811. The molecule has 0 aliphatic heterocycles.